The Hall–Kier alpha value is -3.25. The maximum absolute atomic E-state index is 14.3. The molecule has 0 aromatic heterocycles. The van der Waals surface area contributed by atoms with Crippen LogP contribution in [0.4, 0.5) is 8.78 Å². The van der Waals surface area contributed by atoms with Crippen LogP contribution in [0.1, 0.15) is 72.9 Å². The number of nitrogens with one attached hydrogen (secondary N) is 1. The molecule has 1 atom stereocenters. The van der Waals surface area contributed by atoms with Gasteiger partial charge in [-0.2, -0.15) is 0 Å². The third kappa shape index (κ3) is 8.72. The molecule has 0 saturated carbocycles. The van der Waals surface area contributed by atoms with Gasteiger partial charge in [0.1, 0.15) is 11.6 Å². The smallest absolute Gasteiger partial charge is 0.220 e. The van der Waals surface area contributed by atoms with E-state index in [9.17, 15) is 13.6 Å². The van der Waals surface area contributed by atoms with Crippen LogP contribution < -0.4 is 5.32 Å². The highest BCUT2D eigenvalue weighted by atomic mass is 35.5. The van der Waals surface area contributed by atoms with Gasteiger partial charge in [-0.1, -0.05) is 84.4 Å². The summed E-state index contributed by atoms with van der Waals surface area (Å²) in [5, 5.41) is 3.31. The van der Waals surface area contributed by atoms with Gasteiger partial charge in [0.15, 0.2) is 0 Å². The van der Waals surface area contributed by atoms with Gasteiger partial charge in [-0.15, -0.1) is 12.4 Å². The lowest BCUT2D eigenvalue weighted by atomic mass is 9.68. The van der Waals surface area contributed by atoms with Gasteiger partial charge in [-0.05, 0) is 104 Å². The molecule has 5 rings (SSSR count). The fourth-order valence-electron chi connectivity index (χ4n) is 6.75. The number of rotatable bonds is 13. The normalized spacial score (nSPS) is 14.8. The molecule has 0 fully saturated rings. The van der Waals surface area contributed by atoms with Crippen molar-refractivity contribution in [2.45, 2.75) is 63.3 Å². The zero-order valence-corrected chi connectivity index (χ0v) is 27.4. The van der Waals surface area contributed by atoms with Gasteiger partial charge in [0.05, 0.1) is 5.02 Å². The van der Waals surface area contributed by atoms with Gasteiger partial charge < -0.3 is 5.32 Å². The van der Waals surface area contributed by atoms with Crippen LogP contribution in [0.3, 0.4) is 0 Å². The third-order valence-electron chi connectivity index (χ3n) is 9.21. The summed E-state index contributed by atoms with van der Waals surface area (Å²) in [6, 6.07) is 31.3. The van der Waals surface area contributed by atoms with Crippen molar-refractivity contribution in [2.24, 2.45) is 0 Å². The number of carbonyl (C=O) groups excluding carboxylic acids is 1. The largest absolute Gasteiger partial charge is 0.356 e. The topological polar surface area (TPSA) is 32.3 Å². The lowest BCUT2D eigenvalue weighted by molar-refractivity contribution is -0.121. The molecule has 0 spiro atoms. The number of fused-ring (bicyclic) bond motifs is 1. The Morgan fingerprint density at radius 2 is 1.53 bits per heavy atom. The number of hydrogen-bond donors (Lipinski definition) is 1. The second kappa shape index (κ2) is 16.4. The van der Waals surface area contributed by atoms with Crippen molar-refractivity contribution in [1.29, 1.82) is 0 Å². The molecule has 0 bridgehead atoms. The maximum Gasteiger partial charge on any atom is 0.220 e. The van der Waals surface area contributed by atoms with Crippen LogP contribution in [-0.4, -0.2) is 30.4 Å². The summed E-state index contributed by atoms with van der Waals surface area (Å²) >= 11 is 6.07. The highest BCUT2D eigenvalue weighted by Crippen LogP contribution is 2.41. The van der Waals surface area contributed by atoms with E-state index in [1.54, 1.807) is 24.3 Å². The van der Waals surface area contributed by atoms with E-state index in [0.717, 1.165) is 61.9 Å². The first kappa shape index (κ1) is 34.6. The van der Waals surface area contributed by atoms with Crippen LogP contribution in [-0.2, 0) is 23.1 Å². The van der Waals surface area contributed by atoms with Crippen LogP contribution >= 0.6 is 24.0 Å². The first-order chi connectivity index (χ1) is 21.4. The van der Waals surface area contributed by atoms with Crippen molar-refractivity contribution in [3.63, 3.8) is 0 Å². The third-order valence-corrected chi connectivity index (χ3v) is 9.50. The Morgan fingerprint density at radius 3 is 2.18 bits per heavy atom. The number of nitrogens with zero attached hydrogens (tertiary/aromatic N) is 1. The van der Waals surface area contributed by atoms with Gasteiger partial charge in [0.25, 0.3) is 0 Å². The second-order valence-electron chi connectivity index (χ2n) is 11.9. The average Bonchev–Trinajstić information content (AvgIpc) is 3.05. The number of halogens is 4. The Labute approximate surface area is 277 Å². The zero-order chi connectivity index (χ0) is 30.9. The van der Waals surface area contributed by atoms with Crippen LogP contribution in [0, 0.1) is 11.6 Å². The molecule has 45 heavy (non-hydrogen) atoms. The van der Waals surface area contributed by atoms with Crippen LogP contribution in [0.15, 0.2) is 97.1 Å². The lowest BCUT2D eigenvalue weighted by Crippen LogP contribution is -2.36. The van der Waals surface area contributed by atoms with Crippen molar-refractivity contribution in [3.05, 3.63) is 142 Å². The molecule has 1 N–H and O–H groups in total. The van der Waals surface area contributed by atoms with E-state index in [0.29, 0.717) is 19.4 Å². The van der Waals surface area contributed by atoms with Crippen LogP contribution in [0.5, 0.6) is 0 Å². The number of carbonyl (C=O) groups is 1. The van der Waals surface area contributed by atoms with Gasteiger partial charge in [0, 0.05) is 31.0 Å². The molecule has 1 aliphatic rings. The summed E-state index contributed by atoms with van der Waals surface area (Å²) in [6.07, 6.45) is 5.47. The molecule has 1 unspecified atom stereocenters. The second-order valence-corrected chi connectivity index (χ2v) is 12.3. The first-order valence-corrected chi connectivity index (χ1v) is 16.1. The summed E-state index contributed by atoms with van der Waals surface area (Å²) < 4.78 is 27.5. The van der Waals surface area contributed by atoms with Gasteiger partial charge in [0.2, 0.25) is 5.91 Å². The van der Waals surface area contributed by atoms with Crippen molar-refractivity contribution in [3.8, 4) is 0 Å². The number of amides is 1. The average molecular weight is 652 g/mol. The van der Waals surface area contributed by atoms with Crippen molar-refractivity contribution in [1.82, 2.24) is 10.2 Å². The summed E-state index contributed by atoms with van der Waals surface area (Å²) in [7, 11) is 0. The summed E-state index contributed by atoms with van der Waals surface area (Å²) in [4.78, 5) is 15.1. The Morgan fingerprint density at radius 1 is 0.911 bits per heavy atom. The van der Waals surface area contributed by atoms with E-state index < -0.39 is 0 Å². The van der Waals surface area contributed by atoms with Crippen LogP contribution in [0.2, 0.25) is 5.02 Å². The minimum Gasteiger partial charge on any atom is -0.356 e. The highest BCUT2D eigenvalue weighted by molar-refractivity contribution is 6.30. The van der Waals surface area contributed by atoms with Gasteiger partial charge in [-0.25, -0.2) is 8.78 Å². The molecular formula is C38H42Cl2F2N2O. The predicted molar refractivity (Wildman–Crippen MR) is 182 cm³/mol. The first-order valence-electron chi connectivity index (χ1n) is 15.7. The van der Waals surface area contributed by atoms with Gasteiger partial charge >= 0.3 is 0 Å². The molecule has 0 aliphatic carbocycles. The van der Waals surface area contributed by atoms with E-state index >= 15 is 0 Å². The maximum atomic E-state index is 14.3. The Bertz CT molecular complexity index is 1480. The van der Waals surface area contributed by atoms with E-state index in [4.69, 9.17) is 11.6 Å². The minimum absolute atomic E-state index is 0. The fourth-order valence-corrected chi connectivity index (χ4v) is 6.94. The molecule has 0 radical (unpaired) electrons. The van der Waals surface area contributed by atoms with E-state index in [1.165, 1.54) is 23.3 Å². The molecule has 1 amide bonds. The monoisotopic (exact) mass is 650 g/mol. The van der Waals surface area contributed by atoms with E-state index in [-0.39, 0.29) is 46.4 Å². The summed E-state index contributed by atoms with van der Waals surface area (Å²) in [6.45, 7) is 4.58. The number of benzene rings is 4. The lowest BCUT2D eigenvalue weighted by Gasteiger charge is -2.39. The molecule has 0 saturated heterocycles. The quantitative estimate of drug-likeness (QED) is 0.146. The van der Waals surface area contributed by atoms with Crippen molar-refractivity contribution >= 4 is 29.9 Å². The summed E-state index contributed by atoms with van der Waals surface area (Å²) in [5.41, 5.74) is 5.48. The van der Waals surface area contributed by atoms with Gasteiger partial charge in [-0.3, -0.25) is 9.69 Å². The number of hydrogen-bond acceptors (Lipinski definition) is 2. The van der Waals surface area contributed by atoms with E-state index in [2.05, 4.69) is 77.8 Å². The summed E-state index contributed by atoms with van der Waals surface area (Å²) in [5.74, 6) is -0.611. The zero-order valence-electron chi connectivity index (χ0n) is 25.8. The van der Waals surface area contributed by atoms with Crippen molar-refractivity contribution in [2.75, 3.05) is 19.6 Å². The molecular weight excluding hydrogens is 609 g/mol. The molecule has 1 heterocycles. The molecule has 4 aromatic rings. The predicted octanol–water partition coefficient (Wildman–Crippen LogP) is 9.25. The van der Waals surface area contributed by atoms with Crippen molar-refractivity contribution < 1.29 is 13.6 Å². The fraction of sp³-hybridized carbons (Fsp3) is 0.342. The molecule has 4 aromatic carbocycles. The molecule has 3 nitrogen and oxygen atoms in total. The Balaban J connectivity index is 0.00000461. The molecule has 7 heteroatoms. The molecule has 238 valence electrons. The minimum atomic E-state index is -0.353. The highest BCUT2D eigenvalue weighted by Gasteiger charge is 2.34. The van der Waals surface area contributed by atoms with Crippen LogP contribution in [0.25, 0.3) is 0 Å². The number of aryl methyl sites for hydroxylation is 1. The SMILES string of the molecule is CC1c2cc(F)c(Cl)cc2CCN1CCCC(CCCNC(=O)CCc1ccc(F)cc1)(c1ccccc1)c1ccccc1.Cl. The van der Waals surface area contributed by atoms with E-state index in [1.807, 2.05) is 0 Å². The standard InChI is InChI=1S/C38H41ClF2N2O.ClH/c1-28-34-27-36(41)35(39)26-30(34)20-25-43(28)24-9-22-38(31-10-4-2-5-11-31,32-12-6-3-7-13-32)21-8-23-42-37(44)19-16-29-14-17-33(40)18-15-29;/h2-7,10-15,17-18,26-28H,8-9,16,19-25H2,1H3,(H,42,44);1H. The molecule has 1 aliphatic heterocycles. The Kier molecular flexibility index (Phi) is 12.6.